The highest BCUT2D eigenvalue weighted by atomic mass is 16.3. The van der Waals surface area contributed by atoms with Crippen LogP contribution in [0.2, 0.25) is 0 Å². The summed E-state index contributed by atoms with van der Waals surface area (Å²) < 4.78 is 0. The molecule has 2 atom stereocenters. The minimum Gasteiger partial charge on any atom is -0.394 e. The quantitative estimate of drug-likeness (QED) is 0.864. The first kappa shape index (κ1) is 12.1. The van der Waals surface area contributed by atoms with Crippen LogP contribution in [0, 0.1) is 0 Å². The number of benzene rings is 1. The first-order valence-electron chi connectivity index (χ1n) is 6.20. The van der Waals surface area contributed by atoms with E-state index in [2.05, 4.69) is 0 Å². The van der Waals surface area contributed by atoms with Crippen LogP contribution >= 0.6 is 0 Å². The molecule has 0 saturated carbocycles. The van der Waals surface area contributed by atoms with Crippen molar-refractivity contribution in [1.82, 2.24) is 4.90 Å². The molecule has 1 aliphatic rings. The average Bonchev–Trinajstić information content (AvgIpc) is 2.86. The number of amides is 1. The van der Waals surface area contributed by atoms with E-state index in [1.54, 1.807) is 0 Å². The maximum absolute atomic E-state index is 12.3. The van der Waals surface area contributed by atoms with Gasteiger partial charge >= 0.3 is 0 Å². The Labute approximate surface area is 102 Å². The number of aliphatic hydroxyl groups excluding tert-OH is 1. The smallest absolute Gasteiger partial charge is 0.230 e. The molecule has 3 nitrogen and oxygen atoms in total. The first-order chi connectivity index (χ1) is 8.24. The second-order valence-electron chi connectivity index (χ2n) is 4.64. The van der Waals surface area contributed by atoms with E-state index in [1.165, 1.54) is 0 Å². The predicted molar refractivity (Wildman–Crippen MR) is 66.7 cm³/mol. The number of aliphatic hydroxyl groups is 1. The van der Waals surface area contributed by atoms with Crippen molar-refractivity contribution in [2.45, 2.75) is 31.7 Å². The fraction of sp³-hybridized carbons (Fsp3) is 0.500. The number of rotatable bonds is 3. The Morgan fingerprint density at radius 2 is 2.18 bits per heavy atom. The summed E-state index contributed by atoms with van der Waals surface area (Å²) in [5, 5.41) is 9.24. The van der Waals surface area contributed by atoms with Gasteiger partial charge in [-0.15, -0.1) is 0 Å². The normalized spacial score (nSPS) is 21.5. The minimum absolute atomic E-state index is 0.0219. The lowest BCUT2D eigenvalue weighted by molar-refractivity contribution is -0.133. The number of likely N-dealkylation sites (tertiary alicyclic amines) is 1. The van der Waals surface area contributed by atoms with Crippen molar-refractivity contribution in [1.29, 1.82) is 0 Å². The van der Waals surface area contributed by atoms with Crippen LogP contribution < -0.4 is 0 Å². The summed E-state index contributed by atoms with van der Waals surface area (Å²) in [6.45, 7) is 2.79. The van der Waals surface area contributed by atoms with E-state index in [4.69, 9.17) is 0 Å². The standard InChI is InChI=1S/C14H19NO2/c1-11(12-6-3-2-4-7-12)14(17)15-9-5-8-13(15)10-16/h2-4,6-7,11,13,16H,5,8-10H2,1H3. The van der Waals surface area contributed by atoms with E-state index in [-0.39, 0.29) is 24.5 Å². The highest BCUT2D eigenvalue weighted by molar-refractivity contribution is 5.83. The van der Waals surface area contributed by atoms with Crippen molar-refractivity contribution in [3.8, 4) is 0 Å². The largest absolute Gasteiger partial charge is 0.394 e. The van der Waals surface area contributed by atoms with Gasteiger partial charge < -0.3 is 10.0 Å². The molecular formula is C14H19NO2. The molecule has 1 aliphatic heterocycles. The summed E-state index contributed by atoms with van der Waals surface area (Å²) in [5.41, 5.74) is 1.04. The first-order valence-corrected chi connectivity index (χ1v) is 6.20. The van der Waals surface area contributed by atoms with Crippen molar-refractivity contribution in [3.63, 3.8) is 0 Å². The van der Waals surface area contributed by atoms with Crippen molar-refractivity contribution in [2.24, 2.45) is 0 Å². The summed E-state index contributed by atoms with van der Waals surface area (Å²) in [4.78, 5) is 14.2. The highest BCUT2D eigenvalue weighted by Crippen LogP contribution is 2.24. The zero-order valence-electron chi connectivity index (χ0n) is 10.2. The lowest BCUT2D eigenvalue weighted by Gasteiger charge is -2.26. The number of carbonyl (C=O) groups excluding carboxylic acids is 1. The summed E-state index contributed by atoms with van der Waals surface area (Å²) in [6, 6.07) is 9.83. The van der Waals surface area contributed by atoms with Crippen molar-refractivity contribution >= 4 is 5.91 Å². The molecule has 1 saturated heterocycles. The third-order valence-corrected chi connectivity index (χ3v) is 3.54. The monoisotopic (exact) mass is 233 g/mol. The highest BCUT2D eigenvalue weighted by Gasteiger charge is 2.31. The van der Waals surface area contributed by atoms with E-state index in [0.717, 1.165) is 24.9 Å². The fourth-order valence-corrected chi connectivity index (χ4v) is 2.45. The van der Waals surface area contributed by atoms with E-state index in [0.29, 0.717) is 0 Å². The van der Waals surface area contributed by atoms with Gasteiger partial charge in [0.25, 0.3) is 0 Å². The summed E-state index contributed by atoms with van der Waals surface area (Å²) in [5.74, 6) is 0.0103. The van der Waals surface area contributed by atoms with Gasteiger partial charge in [0.05, 0.1) is 18.6 Å². The molecule has 1 N–H and O–H groups in total. The molecule has 2 rings (SSSR count). The number of hydrogen-bond donors (Lipinski definition) is 1. The second kappa shape index (κ2) is 5.32. The Morgan fingerprint density at radius 3 is 2.82 bits per heavy atom. The molecule has 17 heavy (non-hydrogen) atoms. The molecule has 0 aromatic heterocycles. The second-order valence-corrected chi connectivity index (χ2v) is 4.64. The Kier molecular flexibility index (Phi) is 3.79. The van der Waals surface area contributed by atoms with Gasteiger partial charge in [-0.3, -0.25) is 4.79 Å². The third kappa shape index (κ3) is 2.50. The van der Waals surface area contributed by atoms with E-state index in [1.807, 2.05) is 42.2 Å². The van der Waals surface area contributed by atoms with E-state index in [9.17, 15) is 9.90 Å². The zero-order valence-corrected chi connectivity index (χ0v) is 10.2. The molecule has 1 amide bonds. The number of hydrogen-bond acceptors (Lipinski definition) is 2. The van der Waals surface area contributed by atoms with Gasteiger partial charge in [-0.1, -0.05) is 30.3 Å². The van der Waals surface area contributed by atoms with Gasteiger partial charge in [0.1, 0.15) is 0 Å². The van der Waals surface area contributed by atoms with Gasteiger partial charge in [0.15, 0.2) is 0 Å². The van der Waals surface area contributed by atoms with Gasteiger partial charge in [-0.25, -0.2) is 0 Å². The molecule has 0 radical (unpaired) electrons. The minimum atomic E-state index is -0.122. The maximum atomic E-state index is 12.3. The van der Waals surface area contributed by atoms with E-state index >= 15 is 0 Å². The molecule has 1 heterocycles. The SMILES string of the molecule is CC(C(=O)N1CCCC1CO)c1ccccc1. The molecule has 1 aromatic carbocycles. The summed E-state index contributed by atoms with van der Waals surface area (Å²) in [6.07, 6.45) is 1.92. The van der Waals surface area contributed by atoms with Crippen LogP contribution in [0.3, 0.4) is 0 Å². The van der Waals surface area contributed by atoms with Crippen LogP contribution in [0.4, 0.5) is 0 Å². The summed E-state index contributed by atoms with van der Waals surface area (Å²) in [7, 11) is 0. The van der Waals surface area contributed by atoms with Crippen LogP contribution in [-0.2, 0) is 4.79 Å². The number of carbonyl (C=O) groups is 1. The van der Waals surface area contributed by atoms with Crippen LogP contribution in [0.25, 0.3) is 0 Å². The lowest BCUT2D eigenvalue weighted by Crippen LogP contribution is -2.39. The molecule has 3 heteroatoms. The van der Waals surface area contributed by atoms with Crippen molar-refractivity contribution < 1.29 is 9.90 Å². The molecule has 0 bridgehead atoms. The molecule has 1 aromatic rings. The maximum Gasteiger partial charge on any atom is 0.230 e. The van der Waals surface area contributed by atoms with Gasteiger partial charge in [0, 0.05) is 6.54 Å². The zero-order chi connectivity index (χ0) is 12.3. The summed E-state index contributed by atoms with van der Waals surface area (Å²) >= 11 is 0. The van der Waals surface area contributed by atoms with Crippen molar-refractivity contribution in [3.05, 3.63) is 35.9 Å². The number of nitrogens with zero attached hydrogens (tertiary/aromatic N) is 1. The third-order valence-electron chi connectivity index (χ3n) is 3.54. The molecule has 0 spiro atoms. The fourth-order valence-electron chi connectivity index (χ4n) is 2.45. The van der Waals surface area contributed by atoms with Gasteiger partial charge in [0.2, 0.25) is 5.91 Å². The van der Waals surface area contributed by atoms with Gasteiger partial charge in [-0.2, -0.15) is 0 Å². The molecule has 0 aliphatic carbocycles. The van der Waals surface area contributed by atoms with Crippen LogP contribution in [0.15, 0.2) is 30.3 Å². The molecule has 2 unspecified atom stereocenters. The molecule has 1 fully saturated rings. The van der Waals surface area contributed by atoms with E-state index < -0.39 is 0 Å². The van der Waals surface area contributed by atoms with Crippen LogP contribution in [-0.4, -0.2) is 35.1 Å². The molecule has 92 valence electrons. The lowest BCUT2D eigenvalue weighted by atomic mass is 9.99. The average molecular weight is 233 g/mol. The van der Waals surface area contributed by atoms with Crippen molar-refractivity contribution in [2.75, 3.05) is 13.2 Å². The topological polar surface area (TPSA) is 40.5 Å². The molecular weight excluding hydrogens is 214 g/mol. The van der Waals surface area contributed by atoms with Crippen LogP contribution in [0.1, 0.15) is 31.2 Å². The Morgan fingerprint density at radius 1 is 1.47 bits per heavy atom. The predicted octanol–water partition coefficient (Wildman–Crippen LogP) is 1.77. The Balaban J connectivity index is 2.10. The van der Waals surface area contributed by atoms with Crippen LogP contribution in [0.5, 0.6) is 0 Å². The van der Waals surface area contributed by atoms with Gasteiger partial charge in [-0.05, 0) is 25.3 Å². The Bertz CT molecular complexity index is 377. The Hall–Kier alpha value is -1.35.